The Labute approximate surface area is 502 Å². The summed E-state index contributed by atoms with van der Waals surface area (Å²) in [4.78, 5) is 37.9. The fraction of sp³-hybridized carbons (Fsp3) is 0.583. The summed E-state index contributed by atoms with van der Waals surface area (Å²) in [7, 11) is 1.12. The molecule has 0 aliphatic rings. The van der Waals surface area contributed by atoms with Crippen LogP contribution >= 0.6 is 7.82 Å². The van der Waals surface area contributed by atoms with E-state index in [0.29, 0.717) is 23.9 Å². The summed E-state index contributed by atoms with van der Waals surface area (Å²) in [5, 5.41) is 0. The standard InChI is InChI=1S/C72H116NO8P/c1-6-8-10-12-14-16-18-20-22-24-26-27-28-29-30-31-32-33-34-35-36-37-38-39-40-41-42-43-44-45-47-49-51-53-55-57-59-61-63-65-72(75)81-70(69-80-82(76,77)79-67-66-73(3,4)5)68-78-71(74)64-62-60-58-56-54-52-50-48-46-25-23-21-19-17-15-13-11-9-7-2/h8-11,14-17,20-23,26-27,29-30,32-33,35-36,38-39,41-42,46,48,52,54,70H,6-7,12-13,18-19,24-25,28,31,34,37,40,43-45,47,49-51,53,55-69H2,1-5H3/b10-8-,11-9-,16-14-,17-15-,22-20-,23-21-,27-26-,30-29-,33-32-,36-35-,39-38-,42-41-,48-46-,54-52-. The maximum absolute atomic E-state index is 12.8. The Morgan fingerprint density at radius 3 is 0.988 bits per heavy atom. The second-order valence-corrected chi connectivity index (χ2v) is 23.1. The average Bonchev–Trinajstić information content (AvgIpc) is 3.46. The van der Waals surface area contributed by atoms with E-state index in [-0.39, 0.29) is 26.1 Å². The first-order chi connectivity index (χ1) is 40.0. The zero-order valence-corrected chi connectivity index (χ0v) is 53.3. The third kappa shape index (κ3) is 64.5. The smallest absolute Gasteiger partial charge is 0.306 e. The highest BCUT2D eigenvalue weighted by molar-refractivity contribution is 7.45. The minimum Gasteiger partial charge on any atom is -0.756 e. The molecule has 0 amide bonds. The highest BCUT2D eigenvalue weighted by Crippen LogP contribution is 2.38. The number of hydrogen-bond donors (Lipinski definition) is 0. The highest BCUT2D eigenvalue weighted by Gasteiger charge is 2.22. The number of ether oxygens (including phenoxy) is 2. The lowest BCUT2D eigenvalue weighted by Gasteiger charge is -2.28. The van der Waals surface area contributed by atoms with E-state index in [1.165, 1.54) is 44.9 Å². The fourth-order valence-corrected chi connectivity index (χ4v) is 8.64. The Morgan fingerprint density at radius 1 is 0.378 bits per heavy atom. The van der Waals surface area contributed by atoms with Crippen molar-refractivity contribution in [3.05, 3.63) is 170 Å². The summed E-state index contributed by atoms with van der Waals surface area (Å²) in [6.45, 7) is 3.94. The first-order valence-electron chi connectivity index (χ1n) is 31.8. The van der Waals surface area contributed by atoms with E-state index < -0.39 is 32.5 Å². The molecule has 0 aromatic rings. The zero-order valence-electron chi connectivity index (χ0n) is 52.4. The van der Waals surface area contributed by atoms with E-state index in [1.54, 1.807) is 0 Å². The number of allylic oxidation sites excluding steroid dienone is 28. The van der Waals surface area contributed by atoms with Crippen molar-refractivity contribution in [3.8, 4) is 0 Å². The maximum atomic E-state index is 12.8. The van der Waals surface area contributed by atoms with Gasteiger partial charge in [0.2, 0.25) is 0 Å². The number of phosphoric acid groups is 1. The molecular weight excluding hydrogens is 1040 g/mol. The SMILES string of the molecule is CC/C=C\C/C=C\C/C=C\C/C=C\C/C=C\C/C=C\C/C=C\C/C=C\C/C=C\CCCCCCCCCCCCCC(=O)OC(COC(=O)CCCCC/C=C\C/C=C\C/C=C\C/C=C\C/C=C\CC)COP(=O)([O-])OCC[N+](C)(C)C. The van der Waals surface area contributed by atoms with Crippen LogP contribution in [0.3, 0.4) is 0 Å². The van der Waals surface area contributed by atoms with Crippen LogP contribution in [-0.2, 0) is 32.7 Å². The second-order valence-electron chi connectivity index (χ2n) is 21.7. The Hall–Kier alpha value is -4.63. The van der Waals surface area contributed by atoms with Gasteiger partial charge in [0.05, 0.1) is 27.7 Å². The van der Waals surface area contributed by atoms with Crippen LogP contribution in [0.1, 0.15) is 219 Å². The van der Waals surface area contributed by atoms with Crippen molar-refractivity contribution >= 4 is 19.8 Å². The molecule has 0 aromatic heterocycles. The minimum absolute atomic E-state index is 0.0460. The molecule has 0 bridgehead atoms. The van der Waals surface area contributed by atoms with E-state index >= 15 is 0 Å². The predicted octanol–water partition coefficient (Wildman–Crippen LogP) is 20.0. The van der Waals surface area contributed by atoms with Crippen LogP contribution in [0.4, 0.5) is 0 Å². The van der Waals surface area contributed by atoms with Crippen LogP contribution in [0.25, 0.3) is 0 Å². The number of phosphoric ester groups is 1. The molecule has 10 heteroatoms. The molecule has 0 spiro atoms. The average molecular weight is 1150 g/mol. The van der Waals surface area contributed by atoms with E-state index in [2.05, 4.69) is 184 Å². The number of quaternary nitrogens is 1. The van der Waals surface area contributed by atoms with Gasteiger partial charge in [-0.1, -0.05) is 248 Å². The number of esters is 2. The van der Waals surface area contributed by atoms with Crippen molar-refractivity contribution in [2.75, 3.05) is 47.5 Å². The predicted molar refractivity (Wildman–Crippen MR) is 350 cm³/mol. The van der Waals surface area contributed by atoms with E-state index in [0.717, 1.165) is 135 Å². The summed E-state index contributed by atoms with van der Waals surface area (Å²) in [6, 6.07) is 0. The molecule has 0 fully saturated rings. The summed E-state index contributed by atoms with van der Waals surface area (Å²) < 4.78 is 34.1. The van der Waals surface area contributed by atoms with E-state index in [4.69, 9.17) is 18.5 Å². The Balaban J connectivity index is 4.15. The number of unbranched alkanes of at least 4 members (excludes halogenated alkanes) is 14. The van der Waals surface area contributed by atoms with Crippen molar-refractivity contribution in [1.29, 1.82) is 0 Å². The molecule has 9 nitrogen and oxygen atoms in total. The van der Waals surface area contributed by atoms with Crippen LogP contribution in [0.2, 0.25) is 0 Å². The van der Waals surface area contributed by atoms with Gasteiger partial charge in [-0.05, 0) is 128 Å². The quantitative estimate of drug-likeness (QED) is 0.0195. The van der Waals surface area contributed by atoms with Crippen molar-refractivity contribution in [1.82, 2.24) is 0 Å². The molecule has 0 N–H and O–H groups in total. The normalized spacial score (nSPS) is 14.4. The van der Waals surface area contributed by atoms with Gasteiger partial charge in [-0.15, -0.1) is 0 Å². The number of hydrogen-bond acceptors (Lipinski definition) is 8. The maximum Gasteiger partial charge on any atom is 0.306 e. The summed E-state index contributed by atoms with van der Waals surface area (Å²) in [6.07, 6.45) is 92.7. The monoisotopic (exact) mass is 1150 g/mol. The molecule has 0 aromatic carbocycles. The summed E-state index contributed by atoms with van der Waals surface area (Å²) in [5.41, 5.74) is 0. The summed E-state index contributed by atoms with van der Waals surface area (Å²) in [5.74, 6) is -0.887. The molecule has 0 saturated carbocycles. The number of likely N-dealkylation sites (N-methyl/N-ethyl adjacent to an activating group) is 1. The minimum atomic E-state index is -4.66. The largest absolute Gasteiger partial charge is 0.756 e. The molecule has 2 atom stereocenters. The van der Waals surface area contributed by atoms with Gasteiger partial charge in [0, 0.05) is 12.8 Å². The molecule has 0 saturated heterocycles. The van der Waals surface area contributed by atoms with Gasteiger partial charge in [0.1, 0.15) is 19.8 Å². The van der Waals surface area contributed by atoms with Gasteiger partial charge in [0.25, 0.3) is 7.82 Å². The first kappa shape index (κ1) is 77.4. The molecule has 82 heavy (non-hydrogen) atoms. The lowest BCUT2D eigenvalue weighted by molar-refractivity contribution is -0.870. The molecule has 0 aliphatic carbocycles. The number of rotatable bonds is 56. The molecule has 0 aliphatic heterocycles. The van der Waals surface area contributed by atoms with Crippen LogP contribution < -0.4 is 4.89 Å². The van der Waals surface area contributed by atoms with Crippen LogP contribution in [0, 0.1) is 0 Å². The van der Waals surface area contributed by atoms with Crippen molar-refractivity contribution in [3.63, 3.8) is 0 Å². The van der Waals surface area contributed by atoms with Crippen molar-refractivity contribution < 1.29 is 42.1 Å². The van der Waals surface area contributed by atoms with E-state index in [1.807, 2.05) is 21.1 Å². The van der Waals surface area contributed by atoms with Crippen LogP contribution in [0.15, 0.2) is 170 Å². The van der Waals surface area contributed by atoms with Crippen LogP contribution in [-0.4, -0.2) is 70.0 Å². The fourth-order valence-electron chi connectivity index (χ4n) is 7.91. The Kier molecular flexibility index (Phi) is 57.5. The lowest BCUT2D eigenvalue weighted by atomic mass is 10.0. The molecule has 0 heterocycles. The topological polar surface area (TPSA) is 111 Å². The highest BCUT2D eigenvalue weighted by atomic mass is 31.2. The molecule has 2 unspecified atom stereocenters. The van der Waals surface area contributed by atoms with E-state index in [9.17, 15) is 19.0 Å². The Bertz CT molecular complexity index is 1990. The number of carbonyl (C=O) groups excluding carboxylic acids is 2. The lowest BCUT2D eigenvalue weighted by Crippen LogP contribution is -2.37. The molecule has 0 radical (unpaired) electrons. The van der Waals surface area contributed by atoms with Gasteiger partial charge in [-0.2, -0.15) is 0 Å². The number of carbonyl (C=O) groups is 2. The van der Waals surface area contributed by atoms with Crippen molar-refractivity contribution in [2.24, 2.45) is 0 Å². The molecule has 0 rings (SSSR count). The van der Waals surface area contributed by atoms with Gasteiger partial charge >= 0.3 is 11.9 Å². The van der Waals surface area contributed by atoms with Crippen LogP contribution in [0.5, 0.6) is 0 Å². The Morgan fingerprint density at radius 2 is 0.659 bits per heavy atom. The first-order valence-corrected chi connectivity index (χ1v) is 33.3. The molecular formula is C72H116NO8P. The van der Waals surface area contributed by atoms with Crippen molar-refractivity contribution in [2.45, 2.75) is 225 Å². The van der Waals surface area contributed by atoms with Gasteiger partial charge in [0.15, 0.2) is 6.10 Å². The van der Waals surface area contributed by atoms with Gasteiger partial charge in [-0.3, -0.25) is 14.2 Å². The van der Waals surface area contributed by atoms with Gasteiger partial charge < -0.3 is 27.9 Å². The molecule has 462 valence electrons. The zero-order chi connectivity index (χ0) is 59.8. The van der Waals surface area contributed by atoms with Gasteiger partial charge in [-0.25, -0.2) is 0 Å². The third-order valence-corrected chi connectivity index (χ3v) is 13.7. The second kappa shape index (κ2) is 60.9. The number of nitrogens with zero attached hydrogens (tertiary/aromatic N) is 1. The third-order valence-electron chi connectivity index (χ3n) is 12.7. The summed E-state index contributed by atoms with van der Waals surface area (Å²) >= 11 is 0.